The van der Waals surface area contributed by atoms with Crippen LogP contribution in [0.3, 0.4) is 0 Å². The number of nitrogens with one attached hydrogen (secondary N) is 3. The zero-order chi connectivity index (χ0) is 67.9. The average molecular weight is 1320 g/mol. The van der Waals surface area contributed by atoms with Crippen molar-refractivity contribution in [1.82, 2.24) is 30.2 Å². The smallest absolute Gasteiger partial charge is 0.490 e. The second kappa shape index (κ2) is 36.2. The molecular formula is C66H100F3N7O15S. The fourth-order valence-corrected chi connectivity index (χ4v) is 11.7. The minimum atomic E-state index is -5.08. The number of ether oxygens (including phenoxy) is 7. The predicted octanol–water partition coefficient (Wildman–Crippen LogP) is 9.58. The summed E-state index contributed by atoms with van der Waals surface area (Å²) in [6.07, 6.45) is 7.04. The van der Waals surface area contributed by atoms with Crippen molar-refractivity contribution < 1.29 is 83.8 Å². The molecule has 22 nitrogen and oxygen atoms in total. The molecule has 2 heterocycles. The molecule has 3 aromatic rings. The number of halogens is 3. The lowest BCUT2D eigenvalue weighted by atomic mass is 9.94. The summed E-state index contributed by atoms with van der Waals surface area (Å²) in [4.78, 5) is 71.0. The molecule has 7 rings (SSSR count). The molecule has 0 bridgehead atoms. The number of carboxylic acid groups (broad SMARTS) is 1. The molecule has 2 aliphatic heterocycles. The molecule has 26 heteroatoms. The van der Waals surface area contributed by atoms with Crippen molar-refractivity contribution >= 4 is 45.5 Å². The molecule has 0 aromatic heterocycles. The van der Waals surface area contributed by atoms with Crippen molar-refractivity contribution in [2.75, 3.05) is 92.0 Å². The van der Waals surface area contributed by atoms with Gasteiger partial charge in [0.2, 0.25) is 15.9 Å². The molecule has 0 unspecified atom stereocenters. The van der Waals surface area contributed by atoms with E-state index in [9.17, 15) is 40.8 Å². The second-order valence-corrected chi connectivity index (χ2v) is 27.0. The number of carbonyl (C=O) groups excluding carboxylic acids is 4. The largest absolute Gasteiger partial charge is 0.493 e. The molecule has 3 aromatic carbocycles. The molecule has 92 heavy (non-hydrogen) atoms. The van der Waals surface area contributed by atoms with Crippen LogP contribution in [0, 0.1) is 0 Å². The van der Waals surface area contributed by atoms with Gasteiger partial charge in [-0.05, 0) is 173 Å². The summed E-state index contributed by atoms with van der Waals surface area (Å²) in [6.45, 7) is 18.6. The van der Waals surface area contributed by atoms with Gasteiger partial charge in [0.25, 0.3) is 11.8 Å². The van der Waals surface area contributed by atoms with Crippen LogP contribution >= 0.6 is 0 Å². The number of hydrogen-bond donors (Lipinski definition) is 4. The van der Waals surface area contributed by atoms with E-state index in [1.807, 2.05) is 74.1 Å². The quantitative estimate of drug-likeness (QED) is 0.0453. The third kappa shape index (κ3) is 25.4. The Morgan fingerprint density at radius 1 is 0.696 bits per heavy atom. The van der Waals surface area contributed by atoms with Crippen LogP contribution in [0.25, 0.3) is 0 Å². The van der Waals surface area contributed by atoms with Crippen molar-refractivity contribution in [3.63, 3.8) is 0 Å². The topological polar surface area (TPSA) is 253 Å². The number of alkyl halides is 3. The predicted molar refractivity (Wildman–Crippen MR) is 344 cm³/mol. The number of anilines is 1. The summed E-state index contributed by atoms with van der Waals surface area (Å²) in [5.41, 5.74) is 1.75. The first-order valence-corrected chi connectivity index (χ1v) is 33.7. The minimum Gasteiger partial charge on any atom is -0.493 e. The first kappa shape index (κ1) is 76.1. The average Bonchev–Trinajstić information content (AvgIpc) is 1.06. The molecule has 4 aliphatic rings. The van der Waals surface area contributed by atoms with E-state index in [1.165, 1.54) is 12.8 Å². The van der Waals surface area contributed by atoms with E-state index >= 15 is 0 Å². The Bertz CT molecular complexity index is 2950. The highest BCUT2D eigenvalue weighted by Crippen LogP contribution is 2.34. The Morgan fingerprint density at radius 3 is 1.68 bits per heavy atom. The molecule has 0 radical (unpaired) electrons. The number of rotatable bonds is 30. The molecule has 4 atom stereocenters. The molecule has 4 fully saturated rings. The fraction of sp³-hybridized carbons (Fsp3) is 0.652. The summed E-state index contributed by atoms with van der Waals surface area (Å²) in [5.74, 6) is -0.574. The molecule has 4 amide bonds. The van der Waals surface area contributed by atoms with E-state index in [-0.39, 0.29) is 72.5 Å². The van der Waals surface area contributed by atoms with Crippen molar-refractivity contribution in [1.29, 1.82) is 0 Å². The molecule has 2 saturated carbocycles. The summed E-state index contributed by atoms with van der Waals surface area (Å²) >= 11 is 0. The van der Waals surface area contributed by atoms with Crippen molar-refractivity contribution in [2.45, 2.75) is 192 Å². The zero-order valence-electron chi connectivity index (χ0n) is 55.7. The number of piperidine rings is 2. The number of sulfonamides is 1. The van der Waals surface area contributed by atoms with Crippen LogP contribution in [-0.2, 0) is 40.2 Å². The van der Waals surface area contributed by atoms with Crippen molar-refractivity contribution in [3.8, 4) is 23.0 Å². The molecule has 2 aliphatic carbocycles. The highest BCUT2D eigenvalue weighted by atomic mass is 32.2. The van der Waals surface area contributed by atoms with Gasteiger partial charge in [0.05, 0.1) is 46.2 Å². The zero-order valence-corrected chi connectivity index (χ0v) is 56.6. The van der Waals surface area contributed by atoms with Crippen LogP contribution in [0.4, 0.5) is 23.7 Å². The Kier molecular flexibility index (Phi) is 29.9. The number of aliphatic carboxylic acids is 1. The van der Waals surface area contributed by atoms with E-state index in [4.69, 9.17) is 43.1 Å². The molecule has 516 valence electrons. The van der Waals surface area contributed by atoms with Crippen LogP contribution in [0.2, 0.25) is 0 Å². The van der Waals surface area contributed by atoms with Crippen LogP contribution in [0.1, 0.15) is 152 Å². The van der Waals surface area contributed by atoms with E-state index in [0.717, 1.165) is 82.6 Å². The maximum atomic E-state index is 13.9. The lowest BCUT2D eigenvalue weighted by molar-refractivity contribution is -0.192. The monoisotopic (exact) mass is 1320 g/mol. The standard InChI is InChI=1S/C34H50N4O7S.C30H49N3O6.C2HF3O2/c1-24(2)38(34(40)26-10-15-31(44-4)32(22-26)45-19-7-18-43-3)30-12-11-27(35-23-30)16-17-37(29-13-14-29)33(39)21-25-8-6-9-28(20-25)36-46(5,41)42;1-21(2)33(28(34)22-9-14-26(37-7)27(19-22)38-18-8-17-36-6)25-13-12-24(15-16-31-23-10-11-23)32(20-25)29(35)39-30(3,4)5;3-2(4,5)1(6)7/h6,8-10,15,20,22,24,27,29-30,35-36H,7,11-14,16-19,21,23H2,1-5H3;9,14,19,21,23-25,31H,8,10-13,15-18,20H2,1-7H3;(H,6,7)/t27-,30-;24-,25-;/m11./s1. The summed E-state index contributed by atoms with van der Waals surface area (Å²) in [7, 11) is 3.09. The maximum Gasteiger partial charge on any atom is 0.490 e. The number of methoxy groups -OCH3 is 4. The van der Waals surface area contributed by atoms with Gasteiger partial charge in [-0.2, -0.15) is 13.2 Å². The Morgan fingerprint density at radius 2 is 1.23 bits per heavy atom. The number of likely N-dealkylation sites (tertiary alicyclic amines) is 1. The Labute approximate surface area is 541 Å². The van der Waals surface area contributed by atoms with Gasteiger partial charge in [-0.25, -0.2) is 18.0 Å². The number of nitrogens with zero attached hydrogens (tertiary/aromatic N) is 4. The van der Waals surface area contributed by atoms with Crippen LogP contribution in [-0.4, -0.2) is 210 Å². The van der Waals surface area contributed by atoms with Gasteiger partial charge in [0, 0.05) is 119 Å². The van der Waals surface area contributed by atoms with Crippen LogP contribution < -0.4 is 34.3 Å². The first-order valence-electron chi connectivity index (χ1n) is 31.8. The van der Waals surface area contributed by atoms with Crippen molar-refractivity contribution in [3.05, 3.63) is 77.4 Å². The third-order valence-electron chi connectivity index (χ3n) is 15.8. The fourth-order valence-electron chi connectivity index (χ4n) is 11.2. The first-order chi connectivity index (χ1) is 43.5. The normalized spacial score (nSPS) is 18.3. The second-order valence-electron chi connectivity index (χ2n) is 25.3. The number of carbonyl (C=O) groups is 5. The van der Waals surface area contributed by atoms with Gasteiger partial charge in [-0.1, -0.05) is 12.1 Å². The van der Waals surface area contributed by atoms with E-state index < -0.39 is 27.8 Å². The Hall–Kier alpha value is -6.61. The lowest BCUT2D eigenvalue weighted by Crippen LogP contribution is -2.57. The summed E-state index contributed by atoms with van der Waals surface area (Å²) in [6, 6.07) is 18.8. The van der Waals surface area contributed by atoms with E-state index in [2.05, 4.69) is 15.4 Å². The number of amides is 4. The Balaban J connectivity index is 0.000000306. The number of hydrogen-bond acceptors (Lipinski definition) is 16. The minimum absolute atomic E-state index is 0.0122. The van der Waals surface area contributed by atoms with Crippen LogP contribution in [0.5, 0.6) is 23.0 Å². The highest BCUT2D eigenvalue weighted by molar-refractivity contribution is 7.92. The lowest BCUT2D eigenvalue weighted by Gasteiger charge is -2.45. The van der Waals surface area contributed by atoms with Gasteiger partial charge >= 0.3 is 18.2 Å². The number of carboxylic acids is 1. The van der Waals surface area contributed by atoms with Gasteiger partial charge in [0.1, 0.15) is 5.60 Å². The van der Waals surface area contributed by atoms with Gasteiger partial charge in [-0.3, -0.25) is 19.1 Å². The summed E-state index contributed by atoms with van der Waals surface area (Å²) in [5, 5.41) is 14.4. The summed E-state index contributed by atoms with van der Waals surface area (Å²) < 4.78 is 96.2. The maximum absolute atomic E-state index is 13.9. The molecule has 4 N–H and O–H groups in total. The van der Waals surface area contributed by atoms with Gasteiger partial charge in [0.15, 0.2) is 23.0 Å². The molecular weight excluding hydrogens is 1220 g/mol. The van der Waals surface area contributed by atoms with Gasteiger partial charge < -0.3 is 68.5 Å². The highest BCUT2D eigenvalue weighted by Gasteiger charge is 2.41. The molecule has 2 saturated heterocycles. The van der Waals surface area contributed by atoms with E-state index in [1.54, 1.807) is 83.0 Å². The SMILES string of the molecule is COCCCOc1cc(C(=O)N(C(C)C)[C@@H]2CC[C@H](CCN(C(=O)Cc3cccc(NS(C)(=O)=O)c3)C3CC3)NC2)ccc1OC.COCCCOc1cc(C(=O)N(C(C)C)[C@@H]2CC[C@H](CCNC3CC3)N(C(=O)OC(C)(C)C)C2)ccc1OC.O=C(O)C(F)(F)F. The third-order valence-corrected chi connectivity index (χ3v) is 16.4. The van der Waals surface area contributed by atoms with Gasteiger partial charge in [-0.15, -0.1) is 0 Å². The van der Waals surface area contributed by atoms with E-state index in [0.29, 0.717) is 91.9 Å². The van der Waals surface area contributed by atoms with Crippen molar-refractivity contribution in [2.24, 2.45) is 0 Å². The molecule has 0 spiro atoms. The number of benzene rings is 3. The van der Waals surface area contributed by atoms with Crippen LogP contribution in [0.15, 0.2) is 60.7 Å².